The molecule has 0 saturated heterocycles. The summed E-state index contributed by atoms with van der Waals surface area (Å²) in [4.78, 5) is 10.5. The molecule has 0 spiro atoms. The summed E-state index contributed by atoms with van der Waals surface area (Å²) in [5.41, 5.74) is 0.789. The summed E-state index contributed by atoms with van der Waals surface area (Å²) < 4.78 is 1.72. The van der Waals surface area contributed by atoms with Crippen molar-refractivity contribution in [1.82, 2.24) is 0 Å². The molecule has 6 nitrogen and oxygen atoms in total. The average Bonchev–Trinajstić information content (AvgIpc) is 2.28. The summed E-state index contributed by atoms with van der Waals surface area (Å²) in [5.74, 6) is 0. The van der Waals surface area contributed by atoms with Gasteiger partial charge in [0.25, 0.3) is 0 Å². The maximum atomic E-state index is 5.30. The highest BCUT2D eigenvalue weighted by Crippen LogP contribution is 1.93. The highest BCUT2D eigenvalue weighted by Gasteiger charge is 2.06. The molecule has 0 heterocycles. The van der Waals surface area contributed by atoms with Crippen LogP contribution in [0.3, 0.4) is 0 Å². The first-order valence-corrected chi connectivity index (χ1v) is 7.09. The third-order valence-electron chi connectivity index (χ3n) is 2.53. The minimum absolute atomic E-state index is 0. The Kier molecular flexibility index (Phi) is 17.0. The smallest absolute Gasteiger partial charge is 0.165 e. The number of quaternary nitrogens is 2. The van der Waals surface area contributed by atoms with Gasteiger partial charge in [0.05, 0.1) is 48.5 Å². The Morgan fingerprint density at radius 2 is 1.32 bits per heavy atom. The lowest BCUT2D eigenvalue weighted by atomic mass is 10.3. The van der Waals surface area contributed by atoms with Crippen LogP contribution in [0.15, 0.2) is 10.3 Å². The number of likely N-dealkylation sites (N-methyl/N-ethyl adjacent to an activating group) is 2. The quantitative estimate of drug-likeness (QED) is 0.0916. The maximum Gasteiger partial charge on any atom is 0.165 e. The number of hydrogen-bond acceptors (Lipinski definition) is 4. The van der Waals surface area contributed by atoms with Crippen molar-refractivity contribution >= 4 is 11.9 Å². The molecule has 134 valence electrons. The van der Waals surface area contributed by atoms with Crippen LogP contribution in [-0.2, 0) is 9.68 Å². The number of oxime groups is 2. The van der Waals surface area contributed by atoms with Gasteiger partial charge in [0.2, 0.25) is 0 Å². The van der Waals surface area contributed by atoms with E-state index in [0.29, 0.717) is 13.2 Å². The second-order valence-electron chi connectivity index (χ2n) is 6.86. The molecule has 0 rings (SSSR count). The van der Waals surface area contributed by atoms with E-state index in [2.05, 4.69) is 52.6 Å². The van der Waals surface area contributed by atoms with Crippen molar-refractivity contribution in [1.29, 1.82) is 0 Å². The minimum atomic E-state index is 0. The van der Waals surface area contributed by atoms with E-state index in [0.717, 1.165) is 34.2 Å². The molecule has 0 radical (unpaired) electrons. The van der Waals surface area contributed by atoms with Gasteiger partial charge in [-0.1, -0.05) is 17.2 Å². The second kappa shape index (κ2) is 13.7. The van der Waals surface area contributed by atoms with E-state index >= 15 is 0 Å². The van der Waals surface area contributed by atoms with E-state index in [1.165, 1.54) is 0 Å². The first-order chi connectivity index (χ1) is 9.14. The van der Waals surface area contributed by atoms with E-state index in [1.54, 1.807) is 6.21 Å². The molecule has 0 aliphatic rings. The van der Waals surface area contributed by atoms with Gasteiger partial charge in [0.1, 0.15) is 18.8 Å². The minimum Gasteiger partial charge on any atom is -1.00 e. The fourth-order valence-electron chi connectivity index (χ4n) is 1.09. The highest BCUT2D eigenvalue weighted by atomic mass is 127. The van der Waals surface area contributed by atoms with Crippen molar-refractivity contribution in [3.8, 4) is 0 Å². The van der Waals surface area contributed by atoms with Gasteiger partial charge < -0.3 is 66.6 Å². The zero-order chi connectivity index (χ0) is 15.6. The summed E-state index contributed by atoms with van der Waals surface area (Å²) in [6, 6.07) is 0. The maximum absolute atomic E-state index is 5.30. The monoisotopic (exact) mass is 542 g/mol. The summed E-state index contributed by atoms with van der Waals surface area (Å²) in [6.45, 7) is 5.04. The van der Waals surface area contributed by atoms with Gasteiger partial charge in [-0.2, -0.15) is 0 Å². The van der Waals surface area contributed by atoms with Crippen molar-refractivity contribution in [3.05, 3.63) is 0 Å². The van der Waals surface area contributed by atoms with Gasteiger partial charge >= 0.3 is 0 Å². The van der Waals surface area contributed by atoms with E-state index in [1.807, 2.05) is 6.92 Å². The average molecular weight is 542 g/mol. The number of hydrogen-bond donors (Lipinski definition) is 0. The summed E-state index contributed by atoms with van der Waals surface area (Å²) in [7, 11) is 12.7. The molecule has 0 saturated carbocycles. The second-order valence-corrected chi connectivity index (χ2v) is 6.86. The molecule has 0 atom stereocenters. The molecule has 8 heteroatoms. The van der Waals surface area contributed by atoms with Crippen LogP contribution in [-0.4, -0.2) is 89.5 Å². The van der Waals surface area contributed by atoms with Gasteiger partial charge in [-0.05, 0) is 6.42 Å². The fourth-order valence-corrected chi connectivity index (χ4v) is 1.09. The Balaban J connectivity index is -0.00000180. The van der Waals surface area contributed by atoms with E-state index in [4.69, 9.17) is 9.68 Å². The SMILES string of the molecule is CCC(/C=N/OCC[N+](C)(C)C)=N/OCC[N+](C)(C)C.[I-].[I-]. The van der Waals surface area contributed by atoms with E-state index in [9.17, 15) is 0 Å². The third kappa shape index (κ3) is 20.3. The van der Waals surface area contributed by atoms with Gasteiger partial charge in [0, 0.05) is 0 Å². The number of nitrogens with zero attached hydrogens (tertiary/aromatic N) is 4. The Hall–Kier alpha value is 0.320. The van der Waals surface area contributed by atoms with Gasteiger partial charge in [-0.25, -0.2) is 0 Å². The third-order valence-corrected chi connectivity index (χ3v) is 2.53. The zero-order valence-corrected chi connectivity index (χ0v) is 19.3. The molecule has 22 heavy (non-hydrogen) atoms. The van der Waals surface area contributed by atoms with Crippen LogP contribution < -0.4 is 48.0 Å². The van der Waals surface area contributed by atoms with Crippen molar-refractivity contribution in [2.75, 3.05) is 68.6 Å². The Morgan fingerprint density at radius 3 is 1.73 bits per heavy atom. The number of halogens is 2. The van der Waals surface area contributed by atoms with Gasteiger partial charge in [-0.3, -0.25) is 0 Å². The molecule has 0 fully saturated rings. The highest BCUT2D eigenvalue weighted by molar-refractivity contribution is 6.30. The van der Waals surface area contributed by atoms with E-state index < -0.39 is 0 Å². The lowest BCUT2D eigenvalue weighted by molar-refractivity contribution is -0.870. The van der Waals surface area contributed by atoms with Crippen LogP contribution in [0, 0.1) is 0 Å². The molecule has 0 N–H and O–H groups in total. The fraction of sp³-hybridized carbons (Fsp3) is 0.857. The molecule has 0 amide bonds. The normalized spacial score (nSPS) is 12.6. The van der Waals surface area contributed by atoms with Crippen LogP contribution in [0.4, 0.5) is 0 Å². The van der Waals surface area contributed by atoms with E-state index in [-0.39, 0.29) is 48.0 Å². The van der Waals surface area contributed by atoms with Crippen LogP contribution in [0.2, 0.25) is 0 Å². The summed E-state index contributed by atoms with van der Waals surface area (Å²) in [5, 5.41) is 7.99. The van der Waals surface area contributed by atoms with Crippen LogP contribution in [0.5, 0.6) is 0 Å². The Morgan fingerprint density at radius 1 is 0.864 bits per heavy atom. The van der Waals surface area contributed by atoms with Crippen LogP contribution in [0.1, 0.15) is 13.3 Å². The predicted molar refractivity (Wildman–Crippen MR) is 83.9 cm³/mol. The summed E-state index contributed by atoms with van der Waals surface area (Å²) in [6.07, 6.45) is 2.40. The molecular weight excluding hydrogens is 510 g/mol. The van der Waals surface area contributed by atoms with Crippen LogP contribution in [0.25, 0.3) is 0 Å². The molecule has 0 aromatic rings. The van der Waals surface area contributed by atoms with Crippen molar-refractivity contribution < 1.29 is 66.6 Å². The van der Waals surface area contributed by atoms with Crippen molar-refractivity contribution in [2.24, 2.45) is 10.3 Å². The molecular formula is C14H32I2N4O2. The number of rotatable bonds is 10. The standard InChI is InChI=1S/C14H32N4O2.2HI/c1-8-14(16-20-12-10-18(5,6)7)13-15-19-11-9-17(2,3)4;;/h13H,8-12H2,1-7H3;2*1H/q+2;;/p-2/b15-13+,16-14-;;. The Labute approximate surface area is 170 Å². The molecule has 0 unspecified atom stereocenters. The van der Waals surface area contributed by atoms with Crippen molar-refractivity contribution in [2.45, 2.75) is 13.3 Å². The summed E-state index contributed by atoms with van der Waals surface area (Å²) >= 11 is 0. The molecule has 0 aliphatic heterocycles. The largest absolute Gasteiger partial charge is 1.00 e. The lowest BCUT2D eigenvalue weighted by Gasteiger charge is -2.22. The molecule has 0 aliphatic carbocycles. The zero-order valence-electron chi connectivity index (χ0n) is 15.0. The Bertz CT molecular complexity index is 324. The van der Waals surface area contributed by atoms with Crippen molar-refractivity contribution in [3.63, 3.8) is 0 Å². The topological polar surface area (TPSA) is 43.2 Å². The van der Waals surface area contributed by atoms with Gasteiger partial charge in [-0.15, -0.1) is 0 Å². The first-order valence-electron chi connectivity index (χ1n) is 7.09. The molecule has 0 aromatic carbocycles. The van der Waals surface area contributed by atoms with Gasteiger partial charge in [0.15, 0.2) is 13.2 Å². The molecule has 0 bridgehead atoms. The predicted octanol–water partition coefficient (Wildman–Crippen LogP) is -4.81. The lowest BCUT2D eigenvalue weighted by Crippen LogP contribution is -3.00. The van der Waals surface area contributed by atoms with Crippen LogP contribution >= 0.6 is 0 Å². The molecule has 0 aromatic heterocycles. The first kappa shape index (κ1) is 27.2.